The number of hydrogen-bond donors (Lipinski definition) is 2. The van der Waals surface area contributed by atoms with Gasteiger partial charge in [-0.3, -0.25) is 9.59 Å². The number of carbonyl (C=O) groups is 1. The van der Waals surface area contributed by atoms with Gasteiger partial charge in [0, 0.05) is 6.07 Å². The van der Waals surface area contributed by atoms with Crippen molar-refractivity contribution >= 4 is 35.0 Å². The Labute approximate surface area is 124 Å². The number of nitrogens with one attached hydrogen (secondary N) is 2. The van der Waals surface area contributed by atoms with Crippen molar-refractivity contribution < 1.29 is 4.79 Å². The van der Waals surface area contributed by atoms with Gasteiger partial charge in [0.05, 0.1) is 16.5 Å². The highest BCUT2D eigenvalue weighted by Crippen LogP contribution is 2.20. The van der Waals surface area contributed by atoms with Crippen LogP contribution in [0.5, 0.6) is 0 Å². The first-order chi connectivity index (χ1) is 9.60. The third kappa shape index (κ3) is 3.61. The van der Waals surface area contributed by atoms with Crippen molar-refractivity contribution in [3.05, 3.63) is 57.2 Å². The standard InChI is InChI=1S/C13H12ClN3O2S/c1-20-7-11-15-10(6-12(18)17-11)13(19)16-9-5-3-2-4-8(9)14/h2-6H,7H2,1H3,(H,16,19)(H,15,17,18). The van der Waals surface area contributed by atoms with E-state index in [4.69, 9.17) is 11.6 Å². The molecule has 0 aliphatic heterocycles. The molecule has 0 aliphatic rings. The highest BCUT2D eigenvalue weighted by molar-refractivity contribution is 7.97. The van der Waals surface area contributed by atoms with E-state index in [0.29, 0.717) is 22.3 Å². The molecule has 1 aromatic carbocycles. The molecule has 1 aromatic heterocycles. The van der Waals surface area contributed by atoms with Crippen molar-refractivity contribution in [2.75, 3.05) is 11.6 Å². The van der Waals surface area contributed by atoms with Gasteiger partial charge in [-0.15, -0.1) is 0 Å². The van der Waals surface area contributed by atoms with Crippen LogP contribution in [0.3, 0.4) is 0 Å². The van der Waals surface area contributed by atoms with Crippen LogP contribution in [0.15, 0.2) is 35.1 Å². The maximum Gasteiger partial charge on any atom is 0.274 e. The van der Waals surface area contributed by atoms with Crippen molar-refractivity contribution in [1.29, 1.82) is 0 Å². The minimum atomic E-state index is -0.466. The number of thioether (sulfide) groups is 1. The molecule has 0 aliphatic carbocycles. The number of para-hydroxylation sites is 1. The zero-order valence-corrected chi connectivity index (χ0v) is 12.2. The number of halogens is 1. The van der Waals surface area contributed by atoms with Crippen LogP contribution in [0.1, 0.15) is 16.3 Å². The maximum atomic E-state index is 12.1. The lowest BCUT2D eigenvalue weighted by atomic mass is 10.3. The van der Waals surface area contributed by atoms with Gasteiger partial charge < -0.3 is 10.3 Å². The number of aromatic nitrogens is 2. The molecule has 1 heterocycles. The first kappa shape index (κ1) is 14.6. The molecule has 0 fully saturated rings. The molecule has 0 saturated heterocycles. The molecule has 7 heteroatoms. The normalized spacial score (nSPS) is 10.3. The van der Waals surface area contributed by atoms with Crippen molar-refractivity contribution in [2.24, 2.45) is 0 Å². The summed E-state index contributed by atoms with van der Waals surface area (Å²) in [5.74, 6) is 0.531. The zero-order valence-electron chi connectivity index (χ0n) is 10.6. The third-order valence-corrected chi connectivity index (χ3v) is 3.32. The van der Waals surface area contributed by atoms with Crippen molar-refractivity contribution in [2.45, 2.75) is 5.75 Å². The Bertz CT molecular complexity index is 687. The second kappa shape index (κ2) is 6.58. The second-order valence-corrected chi connectivity index (χ2v) is 5.22. The summed E-state index contributed by atoms with van der Waals surface area (Å²) in [7, 11) is 0. The molecule has 0 atom stereocenters. The molecule has 0 saturated carbocycles. The number of amides is 1. The second-order valence-electron chi connectivity index (χ2n) is 3.94. The van der Waals surface area contributed by atoms with Crippen molar-refractivity contribution in [3.63, 3.8) is 0 Å². The molecule has 2 N–H and O–H groups in total. The number of rotatable bonds is 4. The molecule has 1 amide bonds. The predicted molar refractivity (Wildman–Crippen MR) is 81.5 cm³/mol. The lowest BCUT2D eigenvalue weighted by Crippen LogP contribution is -2.20. The van der Waals surface area contributed by atoms with E-state index in [9.17, 15) is 9.59 Å². The fourth-order valence-electron chi connectivity index (χ4n) is 1.58. The van der Waals surface area contributed by atoms with E-state index in [1.807, 2.05) is 6.26 Å². The van der Waals surface area contributed by atoms with Crippen LogP contribution in [0.4, 0.5) is 5.69 Å². The van der Waals surface area contributed by atoms with E-state index in [0.717, 1.165) is 6.07 Å². The van der Waals surface area contributed by atoms with Gasteiger partial charge in [-0.25, -0.2) is 4.98 Å². The Balaban J connectivity index is 2.25. The Hall–Kier alpha value is -1.79. The van der Waals surface area contributed by atoms with Crippen LogP contribution in [0, 0.1) is 0 Å². The predicted octanol–water partition coefficient (Wildman–Crippen LogP) is 2.54. The Morgan fingerprint density at radius 1 is 1.45 bits per heavy atom. The number of benzene rings is 1. The maximum absolute atomic E-state index is 12.1. The summed E-state index contributed by atoms with van der Waals surface area (Å²) >= 11 is 7.47. The average Bonchev–Trinajstić information content (AvgIpc) is 2.41. The summed E-state index contributed by atoms with van der Waals surface area (Å²) in [6, 6.07) is 8.03. The summed E-state index contributed by atoms with van der Waals surface area (Å²) in [5, 5.41) is 3.06. The summed E-state index contributed by atoms with van der Waals surface area (Å²) in [6.45, 7) is 0. The van der Waals surface area contributed by atoms with E-state index in [-0.39, 0.29) is 11.3 Å². The zero-order chi connectivity index (χ0) is 14.5. The Morgan fingerprint density at radius 3 is 2.90 bits per heavy atom. The number of carbonyl (C=O) groups excluding carboxylic acids is 1. The topological polar surface area (TPSA) is 74.8 Å². The molecule has 20 heavy (non-hydrogen) atoms. The van der Waals surface area contributed by atoms with Gasteiger partial charge in [-0.05, 0) is 18.4 Å². The molecular formula is C13H12ClN3O2S. The first-order valence-corrected chi connectivity index (χ1v) is 7.52. The van der Waals surface area contributed by atoms with Crippen molar-refractivity contribution in [3.8, 4) is 0 Å². The van der Waals surface area contributed by atoms with Crippen LogP contribution in [0.25, 0.3) is 0 Å². The summed E-state index contributed by atoms with van der Waals surface area (Å²) in [5.41, 5.74) is 0.193. The van der Waals surface area contributed by atoms with E-state index >= 15 is 0 Å². The third-order valence-electron chi connectivity index (χ3n) is 2.43. The van der Waals surface area contributed by atoms with Gasteiger partial charge >= 0.3 is 0 Å². The van der Waals surface area contributed by atoms with Gasteiger partial charge in [0.2, 0.25) is 0 Å². The van der Waals surface area contributed by atoms with E-state index in [2.05, 4.69) is 15.3 Å². The van der Waals surface area contributed by atoms with Gasteiger partial charge in [0.15, 0.2) is 0 Å². The molecule has 2 aromatic rings. The van der Waals surface area contributed by atoms with Gasteiger partial charge in [-0.1, -0.05) is 23.7 Å². The summed E-state index contributed by atoms with van der Waals surface area (Å²) < 4.78 is 0. The number of H-pyrrole nitrogens is 1. The quantitative estimate of drug-likeness (QED) is 0.910. The molecule has 0 bridgehead atoms. The van der Waals surface area contributed by atoms with Crippen molar-refractivity contribution in [1.82, 2.24) is 9.97 Å². The minimum Gasteiger partial charge on any atom is -0.319 e. The fourth-order valence-corrected chi connectivity index (χ4v) is 2.17. The average molecular weight is 310 g/mol. The van der Waals surface area contributed by atoms with Crippen LogP contribution in [-0.2, 0) is 5.75 Å². The lowest BCUT2D eigenvalue weighted by Gasteiger charge is -2.07. The molecule has 0 spiro atoms. The molecule has 5 nitrogen and oxygen atoms in total. The Morgan fingerprint density at radius 2 is 2.20 bits per heavy atom. The smallest absolute Gasteiger partial charge is 0.274 e. The molecule has 0 radical (unpaired) electrons. The van der Waals surface area contributed by atoms with Gasteiger partial charge in [0.1, 0.15) is 11.5 Å². The first-order valence-electron chi connectivity index (χ1n) is 5.75. The monoisotopic (exact) mass is 309 g/mol. The Kier molecular flexibility index (Phi) is 4.81. The van der Waals surface area contributed by atoms with E-state index < -0.39 is 5.91 Å². The van der Waals surface area contributed by atoms with Gasteiger partial charge in [0.25, 0.3) is 11.5 Å². The SMILES string of the molecule is CSCc1nc(C(=O)Nc2ccccc2Cl)cc(=O)[nH]1. The fraction of sp³-hybridized carbons (Fsp3) is 0.154. The van der Waals surface area contributed by atoms with Crippen LogP contribution in [-0.4, -0.2) is 22.1 Å². The molecule has 2 rings (SSSR count). The molecule has 104 valence electrons. The molecule has 0 unspecified atom stereocenters. The highest BCUT2D eigenvalue weighted by atomic mass is 35.5. The highest BCUT2D eigenvalue weighted by Gasteiger charge is 2.11. The van der Waals surface area contributed by atoms with Crippen LogP contribution < -0.4 is 10.9 Å². The summed E-state index contributed by atoms with van der Waals surface area (Å²) in [6.07, 6.45) is 1.89. The van der Waals surface area contributed by atoms with E-state index in [1.165, 1.54) is 11.8 Å². The van der Waals surface area contributed by atoms with E-state index in [1.54, 1.807) is 24.3 Å². The van der Waals surface area contributed by atoms with Crippen LogP contribution in [0.2, 0.25) is 5.02 Å². The van der Waals surface area contributed by atoms with Gasteiger partial charge in [-0.2, -0.15) is 11.8 Å². The largest absolute Gasteiger partial charge is 0.319 e. The minimum absolute atomic E-state index is 0.0673. The molecular weight excluding hydrogens is 298 g/mol. The number of nitrogens with zero attached hydrogens (tertiary/aromatic N) is 1. The summed E-state index contributed by atoms with van der Waals surface area (Å²) in [4.78, 5) is 30.3. The lowest BCUT2D eigenvalue weighted by molar-refractivity contribution is 0.102. The number of anilines is 1. The number of aromatic amines is 1. The van der Waals surface area contributed by atoms with Crippen LogP contribution >= 0.6 is 23.4 Å². The number of hydrogen-bond acceptors (Lipinski definition) is 4.